The first-order valence-electron chi connectivity index (χ1n) is 8.96. The molecule has 2 atom stereocenters. The normalized spacial score (nSPS) is 24.7. The minimum absolute atomic E-state index is 0. The van der Waals surface area contributed by atoms with E-state index in [2.05, 4.69) is 15.2 Å². The lowest BCUT2D eigenvalue weighted by Gasteiger charge is -2.35. The van der Waals surface area contributed by atoms with Crippen molar-refractivity contribution in [2.24, 2.45) is 11.7 Å². The summed E-state index contributed by atoms with van der Waals surface area (Å²) in [5.74, 6) is 0.142. The molecule has 1 aromatic heterocycles. The third kappa shape index (κ3) is 6.67. The summed E-state index contributed by atoms with van der Waals surface area (Å²) in [7, 11) is 0. The Kier molecular flexibility index (Phi) is 10.4. The first-order valence-corrected chi connectivity index (χ1v) is 8.96. The largest absolute Gasteiger partial charge is 0.381 e. The highest BCUT2D eigenvalue weighted by Gasteiger charge is 2.31. The fourth-order valence-electron chi connectivity index (χ4n) is 3.66. The predicted octanol–water partition coefficient (Wildman–Crippen LogP) is 1.76. The van der Waals surface area contributed by atoms with E-state index in [0.717, 1.165) is 57.6 Å². The van der Waals surface area contributed by atoms with Gasteiger partial charge in [-0.2, -0.15) is 0 Å². The van der Waals surface area contributed by atoms with Gasteiger partial charge in [0.05, 0.1) is 5.92 Å². The molecule has 3 rings (SSSR count). The van der Waals surface area contributed by atoms with Crippen molar-refractivity contribution in [1.82, 2.24) is 15.2 Å². The van der Waals surface area contributed by atoms with Gasteiger partial charge in [-0.3, -0.25) is 14.7 Å². The molecule has 2 saturated heterocycles. The maximum atomic E-state index is 12.6. The molecule has 148 valence electrons. The Hall–Kier alpha value is -0.920. The fourth-order valence-corrected chi connectivity index (χ4v) is 3.66. The van der Waals surface area contributed by atoms with Crippen molar-refractivity contribution in [3.63, 3.8) is 0 Å². The number of hydrogen-bond acceptors (Lipinski definition) is 5. The molecule has 0 unspecified atom stereocenters. The van der Waals surface area contributed by atoms with Gasteiger partial charge in [0.15, 0.2) is 0 Å². The van der Waals surface area contributed by atoms with E-state index in [1.807, 2.05) is 12.1 Å². The molecule has 6 nitrogen and oxygen atoms in total. The van der Waals surface area contributed by atoms with Gasteiger partial charge in [-0.25, -0.2) is 0 Å². The zero-order valence-electron chi connectivity index (χ0n) is 15.0. The third-order valence-electron chi connectivity index (χ3n) is 5.08. The van der Waals surface area contributed by atoms with Crippen LogP contribution in [0.5, 0.6) is 0 Å². The van der Waals surface area contributed by atoms with Crippen molar-refractivity contribution in [3.8, 4) is 0 Å². The number of hydrogen-bond donors (Lipinski definition) is 2. The molecule has 8 heteroatoms. The third-order valence-corrected chi connectivity index (χ3v) is 5.08. The number of likely N-dealkylation sites (tertiary alicyclic amines) is 1. The molecule has 0 saturated carbocycles. The van der Waals surface area contributed by atoms with Crippen molar-refractivity contribution in [2.45, 2.75) is 44.3 Å². The lowest BCUT2D eigenvalue weighted by Crippen LogP contribution is -2.47. The van der Waals surface area contributed by atoms with Crippen LogP contribution in [-0.4, -0.2) is 54.2 Å². The average molecular weight is 405 g/mol. The Labute approximate surface area is 168 Å². The first-order chi connectivity index (χ1) is 11.7. The molecule has 0 spiro atoms. The summed E-state index contributed by atoms with van der Waals surface area (Å²) in [6.45, 7) is 3.85. The maximum absolute atomic E-state index is 12.6. The van der Waals surface area contributed by atoms with Crippen LogP contribution in [-0.2, 0) is 16.1 Å². The Morgan fingerprint density at radius 2 is 2.00 bits per heavy atom. The first kappa shape index (κ1) is 23.1. The van der Waals surface area contributed by atoms with Crippen molar-refractivity contribution in [1.29, 1.82) is 0 Å². The molecule has 0 bridgehead atoms. The smallest absolute Gasteiger partial charge is 0.224 e. The zero-order valence-corrected chi connectivity index (χ0v) is 16.6. The van der Waals surface area contributed by atoms with E-state index in [4.69, 9.17) is 10.5 Å². The van der Waals surface area contributed by atoms with Crippen molar-refractivity contribution in [2.75, 3.05) is 26.3 Å². The number of amides is 1. The van der Waals surface area contributed by atoms with E-state index < -0.39 is 0 Å². The highest BCUT2D eigenvalue weighted by Crippen LogP contribution is 2.22. The van der Waals surface area contributed by atoms with E-state index >= 15 is 0 Å². The Morgan fingerprint density at radius 3 is 2.69 bits per heavy atom. The molecule has 0 radical (unpaired) electrons. The Bertz CT molecular complexity index is 529. The van der Waals surface area contributed by atoms with E-state index in [-0.39, 0.29) is 42.7 Å². The number of halogens is 2. The van der Waals surface area contributed by atoms with Crippen LogP contribution >= 0.6 is 24.8 Å². The van der Waals surface area contributed by atoms with Crippen molar-refractivity contribution in [3.05, 3.63) is 30.1 Å². The highest BCUT2D eigenvalue weighted by atomic mass is 35.5. The average Bonchev–Trinajstić information content (AvgIpc) is 2.83. The topological polar surface area (TPSA) is 80.5 Å². The van der Waals surface area contributed by atoms with Crippen LogP contribution in [0, 0.1) is 5.92 Å². The summed E-state index contributed by atoms with van der Waals surface area (Å²) in [4.78, 5) is 19.1. The molecule has 2 fully saturated rings. The van der Waals surface area contributed by atoms with E-state index in [0.29, 0.717) is 12.6 Å². The number of carbonyl (C=O) groups excluding carboxylic acids is 1. The van der Waals surface area contributed by atoms with Crippen LogP contribution in [0.3, 0.4) is 0 Å². The predicted molar refractivity (Wildman–Crippen MR) is 107 cm³/mol. The SMILES string of the molecule is Cl.Cl.N[C@H]1CC[C@@H](C(=O)NCc2cccnc2)CN(C2CCOCC2)C1. The molecule has 2 aliphatic heterocycles. The Balaban J connectivity index is 0.00000169. The number of ether oxygens (including phenoxy) is 1. The minimum atomic E-state index is 0. The summed E-state index contributed by atoms with van der Waals surface area (Å²) >= 11 is 0. The maximum Gasteiger partial charge on any atom is 0.224 e. The summed E-state index contributed by atoms with van der Waals surface area (Å²) in [5, 5.41) is 3.06. The molecular weight excluding hydrogens is 375 g/mol. The van der Waals surface area contributed by atoms with Gasteiger partial charge in [0, 0.05) is 57.3 Å². The van der Waals surface area contributed by atoms with Gasteiger partial charge >= 0.3 is 0 Å². The van der Waals surface area contributed by atoms with Crippen LogP contribution in [0.4, 0.5) is 0 Å². The second-order valence-electron chi connectivity index (χ2n) is 6.91. The zero-order chi connectivity index (χ0) is 16.8. The standard InChI is InChI=1S/C18H28N4O2.2ClH/c19-16-4-3-15(12-22(13-16)17-5-8-24-9-6-17)18(23)21-11-14-2-1-7-20-10-14;;/h1-2,7,10,15-17H,3-6,8-9,11-13,19H2,(H,21,23);2*1H/t15-,16+;;/m1../s1. The molecule has 1 amide bonds. The summed E-state index contributed by atoms with van der Waals surface area (Å²) in [5.41, 5.74) is 7.27. The van der Waals surface area contributed by atoms with Gasteiger partial charge in [-0.05, 0) is 37.3 Å². The lowest BCUT2D eigenvalue weighted by molar-refractivity contribution is -0.126. The molecule has 1 aromatic rings. The number of nitrogens with one attached hydrogen (secondary N) is 1. The quantitative estimate of drug-likeness (QED) is 0.798. The van der Waals surface area contributed by atoms with Gasteiger partial charge in [-0.15, -0.1) is 24.8 Å². The molecule has 3 N–H and O–H groups in total. The number of rotatable bonds is 4. The van der Waals surface area contributed by atoms with Crippen molar-refractivity contribution >= 4 is 30.7 Å². The van der Waals surface area contributed by atoms with Gasteiger partial charge in [0.2, 0.25) is 5.91 Å². The molecule has 26 heavy (non-hydrogen) atoms. The van der Waals surface area contributed by atoms with Crippen LogP contribution < -0.4 is 11.1 Å². The summed E-state index contributed by atoms with van der Waals surface area (Å²) in [6, 6.07) is 4.52. The summed E-state index contributed by atoms with van der Waals surface area (Å²) in [6.07, 6.45) is 7.37. The van der Waals surface area contributed by atoms with Gasteiger partial charge in [-0.1, -0.05) is 6.07 Å². The molecule has 0 aliphatic carbocycles. The number of carbonyl (C=O) groups is 1. The molecular formula is C18H30Cl2N4O2. The highest BCUT2D eigenvalue weighted by molar-refractivity contribution is 5.85. The van der Waals surface area contributed by atoms with Gasteiger partial charge < -0.3 is 15.8 Å². The number of nitrogens with zero attached hydrogens (tertiary/aromatic N) is 2. The number of aromatic nitrogens is 1. The number of nitrogens with two attached hydrogens (primary N) is 1. The Morgan fingerprint density at radius 1 is 1.23 bits per heavy atom. The number of pyridine rings is 1. The summed E-state index contributed by atoms with van der Waals surface area (Å²) < 4.78 is 5.47. The van der Waals surface area contributed by atoms with Gasteiger partial charge in [0.25, 0.3) is 0 Å². The van der Waals surface area contributed by atoms with E-state index in [9.17, 15) is 4.79 Å². The molecule has 2 aliphatic rings. The fraction of sp³-hybridized carbons (Fsp3) is 0.667. The minimum Gasteiger partial charge on any atom is -0.381 e. The van der Waals surface area contributed by atoms with E-state index in [1.165, 1.54) is 0 Å². The van der Waals surface area contributed by atoms with Crippen LogP contribution in [0.1, 0.15) is 31.2 Å². The second kappa shape index (κ2) is 11.7. The molecule has 3 heterocycles. The second-order valence-corrected chi connectivity index (χ2v) is 6.91. The lowest BCUT2D eigenvalue weighted by atomic mass is 10.0. The van der Waals surface area contributed by atoms with Crippen LogP contribution in [0.2, 0.25) is 0 Å². The van der Waals surface area contributed by atoms with Crippen LogP contribution in [0.25, 0.3) is 0 Å². The van der Waals surface area contributed by atoms with Crippen molar-refractivity contribution < 1.29 is 9.53 Å². The monoisotopic (exact) mass is 404 g/mol. The van der Waals surface area contributed by atoms with Gasteiger partial charge in [0.1, 0.15) is 0 Å². The molecule has 0 aromatic carbocycles. The van der Waals surface area contributed by atoms with E-state index in [1.54, 1.807) is 12.4 Å². The van der Waals surface area contributed by atoms with Crippen LogP contribution in [0.15, 0.2) is 24.5 Å².